The van der Waals surface area contributed by atoms with Crippen LogP contribution in [-0.4, -0.2) is 54.9 Å². The summed E-state index contributed by atoms with van der Waals surface area (Å²) in [5.74, 6) is 0.716. The van der Waals surface area contributed by atoms with Crippen molar-refractivity contribution in [3.05, 3.63) is 0 Å². The fraction of sp³-hybridized carbons (Fsp3) is 0.917. The molecule has 16 heavy (non-hydrogen) atoms. The van der Waals surface area contributed by atoms with Crippen LogP contribution in [-0.2, 0) is 0 Å². The molecule has 3 N–H and O–H groups in total. The average molecular weight is 226 g/mol. The molecule has 0 unspecified atom stereocenters. The minimum Gasteiger partial charge on any atom is -0.387 e. The van der Waals surface area contributed by atoms with Gasteiger partial charge < -0.3 is 15.5 Å². The topological polar surface area (TPSA) is 56.4 Å². The van der Waals surface area contributed by atoms with Crippen LogP contribution in [0.1, 0.15) is 26.7 Å². The lowest BCUT2D eigenvalue weighted by atomic mass is 9.96. The lowest BCUT2D eigenvalue weighted by molar-refractivity contribution is 0.176. The van der Waals surface area contributed by atoms with Crippen molar-refractivity contribution < 1.29 is 0 Å². The van der Waals surface area contributed by atoms with Crippen molar-refractivity contribution in [2.45, 2.75) is 26.7 Å². The van der Waals surface area contributed by atoms with Gasteiger partial charge in [-0.2, -0.15) is 0 Å². The number of likely N-dealkylation sites (tertiary alicyclic amines) is 1. The first-order valence-electron chi connectivity index (χ1n) is 6.46. The fourth-order valence-corrected chi connectivity index (χ4v) is 2.29. The largest absolute Gasteiger partial charge is 0.387 e. The maximum absolute atomic E-state index is 7.44. The van der Waals surface area contributed by atoms with Gasteiger partial charge in [0.2, 0.25) is 0 Å². The molecule has 0 radical (unpaired) electrons. The van der Waals surface area contributed by atoms with Crippen LogP contribution in [0.4, 0.5) is 0 Å². The second-order valence-corrected chi connectivity index (χ2v) is 4.60. The van der Waals surface area contributed by atoms with E-state index in [9.17, 15) is 0 Å². The molecule has 1 rings (SSSR count). The zero-order valence-corrected chi connectivity index (χ0v) is 10.7. The first-order valence-corrected chi connectivity index (χ1v) is 6.46. The third-order valence-electron chi connectivity index (χ3n) is 3.65. The number of hydrogen-bond acceptors (Lipinski definition) is 3. The van der Waals surface area contributed by atoms with Gasteiger partial charge in [-0.05, 0) is 39.0 Å². The molecular formula is C12H26N4. The van der Waals surface area contributed by atoms with Gasteiger partial charge in [0.15, 0.2) is 0 Å². The van der Waals surface area contributed by atoms with E-state index >= 15 is 0 Å². The normalized spacial score (nSPS) is 19.2. The quantitative estimate of drug-likeness (QED) is 0.524. The molecular weight excluding hydrogens is 200 g/mol. The Kier molecular flexibility index (Phi) is 5.77. The van der Waals surface area contributed by atoms with Gasteiger partial charge in [0.05, 0.1) is 5.84 Å². The monoisotopic (exact) mass is 226 g/mol. The van der Waals surface area contributed by atoms with Crippen molar-refractivity contribution in [1.29, 1.82) is 5.41 Å². The molecule has 0 aliphatic carbocycles. The third-order valence-corrected chi connectivity index (χ3v) is 3.65. The molecule has 0 saturated carbocycles. The van der Waals surface area contributed by atoms with Crippen LogP contribution in [0.3, 0.4) is 0 Å². The summed E-state index contributed by atoms with van der Waals surface area (Å²) >= 11 is 0. The molecule has 4 nitrogen and oxygen atoms in total. The predicted octanol–water partition coefficient (Wildman–Crippen LogP) is 0.976. The Balaban J connectivity index is 2.19. The number of piperidine rings is 1. The van der Waals surface area contributed by atoms with Crippen molar-refractivity contribution >= 4 is 5.84 Å². The molecule has 1 aliphatic rings. The van der Waals surface area contributed by atoms with Crippen LogP contribution in [0.2, 0.25) is 0 Å². The summed E-state index contributed by atoms with van der Waals surface area (Å²) in [6, 6.07) is 0. The Morgan fingerprint density at radius 3 is 2.31 bits per heavy atom. The summed E-state index contributed by atoms with van der Waals surface area (Å²) in [4.78, 5) is 4.95. The SMILES string of the molecule is CCN(CC)CCN1CCC(C(=N)N)CC1. The lowest BCUT2D eigenvalue weighted by Gasteiger charge is -2.32. The molecule has 0 amide bonds. The van der Waals surface area contributed by atoms with Gasteiger partial charge in [-0.1, -0.05) is 13.8 Å². The van der Waals surface area contributed by atoms with Crippen LogP contribution in [0, 0.1) is 11.3 Å². The maximum atomic E-state index is 7.44. The third kappa shape index (κ3) is 4.10. The molecule has 0 bridgehead atoms. The standard InChI is InChI=1S/C12H26N4/c1-3-15(4-2)9-10-16-7-5-11(6-8-16)12(13)14/h11H,3-10H2,1-2H3,(H3,13,14). The molecule has 0 aromatic carbocycles. The van der Waals surface area contributed by atoms with E-state index in [0.29, 0.717) is 11.8 Å². The maximum Gasteiger partial charge on any atom is 0.0937 e. The van der Waals surface area contributed by atoms with E-state index in [4.69, 9.17) is 11.1 Å². The Morgan fingerprint density at radius 2 is 1.88 bits per heavy atom. The molecule has 1 saturated heterocycles. The van der Waals surface area contributed by atoms with E-state index in [1.807, 2.05) is 0 Å². The van der Waals surface area contributed by atoms with Crippen LogP contribution in [0.15, 0.2) is 0 Å². The van der Waals surface area contributed by atoms with Gasteiger partial charge in [0.1, 0.15) is 0 Å². The summed E-state index contributed by atoms with van der Waals surface area (Å²) < 4.78 is 0. The van der Waals surface area contributed by atoms with Crippen LogP contribution >= 0.6 is 0 Å². The number of nitrogens with two attached hydrogens (primary N) is 1. The second kappa shape index (κ2) is 6.86. The number of nitrogens with one attached hydrogen (secondary N) is 1. The Bertz CT molecular complexity index is 205. The van der Waals surface area contributed by atoms with Crippen molar-refractivity contribution in [2.75, 3.05) is 39.3 Å². The first-order chi connectivity index (χ1) is 7.67. The molecule has 0 spiro atoms. The summed E-state index contributed by atoms with van der Waals surface area (Å²) in [5.41, 5.74) is 5.53. The number of amidine groups is 1. The van der Waals surface area contributed by atoms with E-state index in [2.05, 4.69) is 23.6 Å². The van der Waals surface area contributed by atoms with E-state index in [1.165, 1.54) is 0 Å². The van der Waals surface area contributed by atoms with E-state index < -0.39 is 0 Å². The van der Waals surface area contributed by atoms with Gasteiger partial charge in [0.25, 0.3) is 0 Å². The van der Waals surface area contributed by atoms with E-state index in [1.54, 1.807) is 0 Å². The molecule has 94 valence electrons. The number of rotatable bonds is 6. The predicted molar refractivity (Wildman–Crippen MR) is 68.9 cm³/mol. The van der Waals surface area contributed by atoms with Gasteiger partial charge in [0, 0.05) is 19.0 Å². The van der Waals surface area contributed by atoms with Crippen molar-refractivity contribution in [3.63, 3.8) is 0 Å². The highest BCUT2D eigenvalue weighted by Crippen LogP contribution is 2.16. The summed E-state index contributed by atoms with van der Waals surface area (Å²) in [6.45, 7) is 11.2. The van der Waals surface area contributed by atoms with E-state index in [0.717, 1.165) is 52.1 Å². The lowest BCUT2D eigenvalue weighted by Crippen LogP contribution is -2.42. The summed E-state index contributed by atoms with van der Waals surface area (Å²) in [7, 11) is 0. The number of nitrogens with zero attached hydrogens (tertiary/aromatic N) is 2. The zero-order valence-electron chi connectivity index (χ0n) is 10.7. The molecule has 1 aliphatic heterocycles. The van der Waals surface area contributed by atoms with Crippen molar-refractivity contribution in [3.8, 4) is 0 Å². The molecule has 4 heteroatoms. The molecule has 0 aromatic heterocycles. The van der Waals surface area contributed by atoms with Gasteiger partial charge in [-0.25, -0.2) is 0 Å². The zero-order chi connectivity index (χ0) is 12.0. The van der Waals surface area contributed by atoms with Gasteiger partial charge in [-0.15, -0.1) is 0 Å². The number of hydrogen-bond donors (Lipinski definition) is 2. The second-order valence-electron chi connectivity index (χ2n) is 4.60. The Hall–Kier alpha value is -0.610. The first kappa shape index (κ1) is 13.5. The van der Waals surface area contributed by atoms with Crippen molar-refractivity contribution in [1.82, 2.24) is 9.80 Å². The minimum absolute atomic E-state index is 0.338. The van der Waals surface area contributed by atoms with Gasteiger partial charge in [-0.3, -0.25) is 5.41 Å². The highest BCUT2D eigenvalue weighted by atomic mass is 15.2. The highest BCUT2D eigenvalue weighted by molar-refractivity contribution is 5.79. The highest BCUT2D eigenvalue weighted by Gasteiger charge is 2.20. The molecule has 1 heterocycles. The molecule has 1 fully saturated rings. The minimum atomic E-state index is 0.338. The Morgan fingerprint density at radius 1 is 1.31 bits per heavy atom. The average Bonchev–Trinajstić information content (AvgIpc) is 2.31. The summed E-state index contributed by atoms with van der Waals surface area (Å²) in [6.07, 6.45) is 2.13. The van der Waals surface area contributed by atoms with Crippen LogP contribution < -0.4 is 5.73 Å². The van der Waals surface area contributed by atoms with Gasteiger partial charge >= 0.3 is 0 Å². The molecule has 0 aromatic rings. The number of likely N-dealkylation sites (N-methyl/N-ethyl adjacent to an activating group) is 1. The summed E-state index contributed by atoms with van der Waals surface area (Å²) in [5, 5.41) is 7.44. The smallest absolute Gasteiger partial charge is 0.0937 e. The van der Waals surface area contributed by atoms with Crippen LogP contribution in [0.25, 0.3) is 0 Å². The van der Waals surface area contributed by atoms with Crippen molar-refractivity contribution in [2.24, 2.45) is 11.7 Å². The van der Waals surface area contributed by atoms with E-state index in [-0.39, 0.29) is 0 Å². The molecule has 0 atom stereocenters. The fourth-order valence-electron chi connectivity index (χ4n) is 2.29. The van der Waals surface area contributed by atoms with Crippen LogP contribution in [0.5, 0.6) is 0 Å². The Labute approximate surface area is 99.3 Å².